The molecule has 3 N–H and O–H groups in total. The van der Waals surface area contributed by atoms with Gasteiger partial charge in [0.25, 0.3) is 5.56 Å². The van der Waals surface area contributed by atoms with Crippen LogP contribution in [0, 0.1) is 5.82 Å². The number of aldehydes is 1. The summed E-state index contributed by atoms with van der Waals surface area (Å²) in [5, 5.41) is 19.0. The first-order valence-electron chi connectivity index (χ1n) is 7.37. The average Bonchev–Trinajstić information content (AvgIpc) is 2.59. The highest BCUT2D eigenvalue weighted by Gasteiger charge is 2.16. The van der Waals surface area contributed by atoms with Crippen molar-refractivity contribution in [1.82, 2.24) is 4.98 Å². The minimum Gasteiger partial charge on any atom is -0.489 e. The highest BCUT2D eigenvalue weighted by Crippen LogP contribution is 2.16. The molecule has 0 atom stereocenters. The number of fused-ring (bicyclic) bond motifs is 1. The van der Waals surface area contributed by atoms with Crippen LogP contribution < -0.4 is 15.8 Å². The lowest BCUT2D eigenvalue weighted by Crippen LogP contribution is -2.32. The van der Waals surface area contributed by atoms with E-state index < -0.39 is 18.5 Å². The summed E-state index contributed by atoms with van der Waals surface area (Å²) in [5.74, 6) is -0.148. The number of aromatic amines is 1. The number of carbonyl (C=O) groups excluding carboxylic acids is 1. The minimum absolute atomic E-state index is 0.0629. The summed E-state index contributed by atoms with van der Waals surface area (Å²) in [6.07, 6.45) is 0.485. The number of halogens is 1. The largest absolute Gasteiger partial charge is 0.489 e. The second-order valence-electron chi connectivity index (χ2n) is 5.43. The number of pyridine rings is 1. The average molecular weight is 341 g/mol. The summed E-state index contributed by atoms with van der Waals surface area (Å²) >= 11 is 0. The maximum atomic E-state index is 13.2. The van der Waals surface area contributed by atoms with Crippen LogP contribution in [0.1, 0.15) is 15.9 Å². The van der Waals surface area contributed by atoms with E-state index in [1.54, 1.807) is 12.1 Å². The summed E-state index contributed by atoms with van der Waals surface area (Å²) in [6, 6.07) is 9.85. The van der Waals surface area contributed by atoms with E-state index in [2.05, 4.69) is 4.98 Å². The van der Waals surface area contributed by atoms with Crippen LogP contribution in [0.15, 0.2) is 47.3 Å². The first-order valence-corrected chi connectivity index (χ1v) is 7.37. The van der Waals surface area contributed by atoms with Crippen molar-refractivity contribution in [3.63, 3.8) is 0 Å². The van der Waals surface area contributed by atoms with Gasteiger partial charge in [0.1, 0.15) is 24.5 Å². The lowest BCUT2D eigenvalue weighted by molar-refractivity contribution is 0.112. The Morgan fingerprint density at radius 2 is 1.96 bits per heavy atom. The Morgan fingerprint density at radius 1 is 1.16 bits per heavy atom. The van der Waals surface area contributed by atoms with Gasteiger partial charge in [-0.1, -0.05) is 6.07 Å². The van der Waals surface area contributed by atoms with Crippen LogP contribution in [0.4, 0.5) is 4.39 Å². The van der Waals surface area contributed by atoms with E-state index in [-0.39, 0.29) is 17.6 Å². The van der Waals surface area contributed by atoms with Crippen LogP contribution in [0.2, 0.25) is 0 Å². The summed E-state index contributed by atoms with van der Waals surface area (Å²) in [6.45, 7) is -0.0675. The maximum absolute atomic E-state index is 13.2. The SMILES string of the molecule is O=Cc1cc(OCc2cc3ccc(F)cc3[nH]c2=O)ccc1B(O)O. The van der Waals surface area contributed by atoms with E-state index in [0.717, 1.165) is 0 Å². The molecule has 0 amide bonds. The Morgan fingerprint density at radius 3 is 2.68 bits per heavy atom. The molecule has 2 aromatic carbocycles. The normalized spacial score (nSPS) is 10.7. The summed E-state index contributed by atoms with van der Waals surface area (Å²) in [5.41, 5.74) is 0.454. The molecule has 0 fully saturated rings. The van der Waals surface area contributed by atoms with Crippen LogP contribution in [0.5, 0.6) is 5.75 Å². The molecule has 1 heterocycles. The van der Waals surface area contributed by atoms with Crippen molar-refractivity contribution < 1.29 is 24.0 Å². The Bertz CT molecular complexity index is 1000. The third kappa shape index (κ3) is 3.60. The third-order valence-electron chi connectivity index (χ3n) is 3.74. The molecule has 126 valence electrons. The predicted octanol–water partition coefficient (Wildman–Crippen LogP) is 0.738. The van der Waals surface area contributed by atoms with E-state index in [9.17, 15) is 24.0 Å². The highest BCUT2D eigenvalue weighted by molar-refractivity contribution is 6.60. The van der Waals surface area contributed by atoms with Crippen molar-refractivity contribution in [3.8, 4) is 5.75 Å². The number of hydrogen-bond donors (Lipinski definition) is 3. The van der Waals surface area contributed by atoms with Gasteiger partial charge in [-0.3, -0.25) is 9.59 Å². The molecule has 0 unspecified atom stereocenters. The van der Waals surface area contributed by atoms with Gasteiger partial charge < -0.3 is 19.8 Å². The van der Waals surface area contributed by atoms with Gasteiger partial charge >= 0.3 is 7.12 Å². The summed E-state index contributed by atoms with van der Waals surface area (Å²) in [7, 11) is -1.77. The molecule has 0 aliphatic heterocycles. The number of aromatic nitrogens is 1. The molecule has 25 heavy (non-hydrogen) atoms. The first-order chi connectivity index (χ1) is 12.0. The molecule has 8 heteroatoms. The molecule has 0 aliphatic rings. The molecule has 0 bridgehead atoms. The fraction of sp³-hybridized carbons (Fsp3) is 0.0588. The fourth-order valence-corrected chi connectivity index (χ4v) is 2.47. The van der Waals surface area contributed by atoms with Gasteiger partial charge in [-0.25, -0.2) is 4.39 Å². The number of H-pyrrole nitrogens is 1. The fourth-order valence-electron chi connectivity index (χ4n) is 2.47. The standard InChI is InChI=1S/C17H13BFNO5/c19-13-2-1-10-5-12(17(22)20-16(10)7-13)9-25-14-3-4-15(18(23)24)11(6-14)8-21/h1-8,23-24H,9H2,(H,20,22). The summed E-state index contributed by atoms with van der Waals surface area (Å²) in [4.78, 5) is 25.7. The molecule has 1 aromatic heterocycles. The maximum Gasteiger partial charge on any atom is 0.489 e. The van der Waals surface area contributed by atoms with Crippen molar-refractivity contribution in [1.29, 1.82) is 0 Å². The molecule has 0 saturated carbocycles. The van der Waals surface area contributed by atoms with Gasteiger partial charge in [-0.2, -0.15) is 0 Å². The number of benzene rings is 2. The van der Waals surface area contributed by atoms with Gasteiger partial charge in [0.2, 0.25) is 0 Å². The summed E-state index contributed by atoms with van der Waals surface area (Å²) < 4.78 is 18.7. The molecule has 6 nitrogen and oxygen atoms in total. The topological polar surface area (TPSA) is 99.6 Å². The van der Waals surface area contributed by atoms with Crippen LogP contribution in [-0.4, -0.2) is 28.4 Å². The lowest BCUT2D eigenvalue weighted by atomic mass is 9.77. The highest BCUT2D eigenvalue weighted by atomic mass is 19.1. The third-order valence-corrected chi connectivity index (χ3v) is 3.74. The number of rotatable bonds is 5. The van der Waals surface area contributed by atoms with Crippen molar-refractivity contribution >= 4 is 29.8 Å². The number of ether oxygens (including phenoxy) is 1. The minimum atomic E-state index is -1.77. The molecule has 3 rings (SSSR count). The Balaban J connectivity index is 1.85. The van der Waals surface area contributed by atoms with Gasteiger partial charge in [-0.15, -0.1) is 0 Å². The molecule has 0 aliphatic carbocycles. The Labute approximate surface area is 141 Å². The van der Waals surface area contributed by atoms with Gasteiger partial charge in [-0.05, 0) is 47.2 Å². The van der Waals surface area contributed by atoms with E-state index in [0.29, 0.717) is 28.5 Å². The monoisotopic (exact) mass is 341 g/mol. The van der Waals surface area contributed by atoms with Crippen LogP contribution in [0.3, 0.4) is 0 Å². The van der Waals surface area contributed by atoms with E-state index in [1.165, 1.54) is 30.3 Å². The van der Waals surface area contributed by atoms with Crippen LogP contribution in [0.25, 0.3) is 10.9 Å². The van der Waals surface area contributed by atoms with Crippen molar-refractivity contribution in [2.24, 2.45) is 0 Å². The zero-order valence-corrected chi connectivity index (χ0v) is 12.9. The second-order valence-corrected chi connectivity index (χ2v) is 5.43. The Kier molecular flexibility index (Phi) is 4.64. The van der Waals surface area contributed by atoms with Gasteiger partial charge in [0.05, 0.1) is 11.1 Å². The first kappa shape index (κ1) is 16.9. The zero-order chi connectivity index (χ0) is 18.0. The van der Waals surface area contributed by atoms with Crippen molar-refractivity contribution in [2.45, 2.75) is 6.61 Å². The molecule has 3 aromatic rings. The smallest absolute Gasteiger partial charge is 0.489 e. The van der Waals surface area contributed by atoms with Crippen LogP contribution >= 0.6 is 0 Å². The van der Waals surface area contributed by atoms with E-state index in [4.69, 9.17) is 4.74 Å². The number of hydrogen-bond acceptors (Lipinski definition) is 5. The Hall–Kier alpha value is -2.97. The lowest BCUT2D eigenvalue weighted by Gasteiger charge is -2.09. The van der Waals surface area contributed by atoms with E-state index >= 15 is 0 Å². The molecular formula is C17H13BFNO5. The molecule has 0 spiro atoms. The number of nitrogens with one attached hydrogen (secondary N) is 1. The zero-order valence-electron chi connectivity index (χ0n) is 12.9. The predicted molar refractivity (Wildman–Crippen MR) is 90.5 cm³/mol. The molecule has 0 saturated heterocycles. The van der Waals surface area contributed by atoms with Gasteiger partial charge in [0.15, 0.2) is 0 Å². The van der Waals surface area contributed by atoms with Crippen LogP contribution in [-0.2, 0) is 6.61 Å². The number of carbonyl (C=O) groups is 1. The van der Waals surface area contributed by atoms with Gasteiger partial charge in [0, 0.05) is 5.56 Å². The van der Waals surface area contributed by atoms with Crippen molar-refractivity contribution in [2.75, 3.05) is 0 Å². The molecular weight excluding hydrogens is 328 g/mol. The van der Waals surface area contributed by atoms with Crippen molar-refractivity contribution in [3.05, 3.63) is 69.8 Å². The second kappa shape index (κ2) is 6.88. The van der Waals surface area contributed by atoms with E-state index in [1.807, 2.05) is 0 Å². The quantitative estimate of drug-likeness (QED) is 0.470. The molecule has 0 radical (unpaired) electrons.